The average molecular weight is 370 g/mol. The Kier molecular flexibility index (Phi) is 4.84. The van der Waals surface area contributed by atoms with E-state index in [4.69, 9.17) is 5.73 Å². The Hall–Kier alpha value is -1.39. The molecule has 0 radical (unpaired) electrons. The second kappa shape index (κ2) is 6.89. The van der Waals surface area contributed by atoms with E-state index in [1.807, 2.05) is 13.8 Å². The summed E-state index contributed by atoms with van der Waals surface area (Å²) in [6.45, 7) is 8.23. The molecular formula is C23H35N3O. The van der Waals surface area contributed by atoms with Gasteiger partial charge >= 0.3 is 0 Å². The number of nitrogens with zero attached hydrogens (tertiary/aromatic N) is 1. The highest BCUT2D eigenvalue weighted by Crippen LogP contribution is 2.51. The first kappa shape index (κ1) is 18.9. The maximum atomic E-state index is 11.6. The molecule has 2 atom stereocenters. The zero-order valence-electron chi connectivity index (χ0n) is 17.1. The number of likely N-dealkylation sites (tertiary alicyclic amines) is 1. The van der Waals surface area contributed by atoms with Gasteiger partial charge in [-0.2, -0.15) is 0 Å². The number of primary amides is 1. The predicted molar refractivity (Wildman–Crippen MR) is 110 cm³/mol. The summed E-state index contributed by atoms with van der Waals surface area (Å²) in [6.07, 6.45) is 16.7. The molecule has 4 nitrogen and oxygen atoms in total. The van der Waals surface area contributed by atoms with E-state index in [-0.39, 0.29) is 5.91 Å². The lowest BCUT2D eigenvalue weighted by molar-refractivity contribution is -0.150. The predicted octanol–water partition coefficient (Wildman–Crippen LogP) is 3.31. The van der Waals surface area contributed by atoms with Crippen molar-refractivity contribution in [1.82, 2.24) is 10.2 Å². The number of allylic oxidation sites excluding steroid dienone is 5. The molecule has 3 N–H and O–H groups in total. The summed E-state index contributed by atoms with van der Waals surface area (Å²) >= 11 is 0. The molecule has 0 aromatic heterocycles. The lowest BCUT2D eigenvalue weighted by Crippen LogP contribution is -2.72. The lowest BCUT2D eigenvalue weighted by Gasteiger charge is -2.62. The number of hydrogen-bond donors (Lipinski definition) is 2. The van der Waals surface area contributed by atoms with Crippen LogP contribution in [0.25, 0.3) is 0 Å². The van der Waals surface area contributed by atoms with Gasteiger partial charge in [-0.15, -0.1) is 0 Å². The van der Waals surface area contributed by atoms with Gasteiger partial charge in [0.05, 0.1) is 5.54 Å². The van der Waals surface area contributed by atoms with Crippen molar-refractivity contribution in [3.8, 4) is 0 Å². The van der Waals surface area contributed by atoms with Crippen LogP contribution in [-0.4, -0.2) is 41.5 Å². The third-order valence-corrected chi connectivity index (χ3v) is 7.31. The molecule has 0 aromatic rings. The molecule has 27 heavy (non-hydrogen) atoms. The van der Waals surface area contributed by atoms with Crippen molar-refractivity contribution in [2.75, 3.05) is 13.1 Å². The maximum absolute atomic E-state index is 11.6. The number of carbonyl (C=O) groups excluding carboxylic acids is 1. The van der Waals surface area contributed by atoms with Crippen molar-refractivity contribution < 1.29 is 4.79 Å². The van der Waals surface area contributed by atoms with Crippen LogP contribution >= 0.6 is 0 Å². The average Bonchev–Trinajstić information content (AvgIpc) is 3.33. The second-order valence-electron chi connectivity index (χ2n) is 9.76. The maximum Gasteiger partial charge on any atom is 0.237 e. The fraction of sp³-hybridized carbons (Fsp3) is 0.696. The Morgan fingerprint density at radius 1 is 1.37 bits per heavy atom. The smallest absolute Gasteiger partial charge is 0.237 e. The molecule has 0 aromatic carbocycles. The number of amides is 1. The van der Waals surface area contributed by atoms with Crippen LogP contribution in [0.2, 0.25) is 0 Å². The fourth-order valence-corrected chi connectivity index (χ4v) is 5.19. The van der Waals surface area contributed by atoms with Crippen molar-refractivity contribution in [3.05, 3.63) is 35.5 Å². The normalized spacial score (nSPS) is 30.6. The molecule has 1 saturated heterocycles. The minimum atomic E-state index is -0.506. The zero-order valence-corrected chi connectivity index (χ0v) is 17.1. The molecule has 1 spiro atoms. The molecule has 3 fully saturated rings. The summed E-state index contributed by atoms with van der Waals surface area (Å²) in [5, 5.41) is 3.90. The van der Waals surface area contributed by atoms with E-state index in [9.17, 15) is 4.79 Å². The number of carbonyl (C=O) groups is 1. The Balaban J connectivity index is 1.23. The van der Waals surface area contributed by atoms with Gasteiger partial charge in [0.15, 0.2) is 0 Å². The molecule has 1 heterocycles. The Morgan fingerprint density at radius 3 is 2.70 bits per heavy atom. The zero-order chi connectivity index (χ0) is 19.2. The molecule has 1 unspecified atom stereocenters. The third-order valence-electron chi connectivity index (χ3n) is 7.31. The van der Waals surface area contributed by atoms with E-state index < -0.39 is 5.54 Å². The monoisotopic (exact) mass is 369 g/mol. The summed E-state index contributed by atoms with van der Waals surface area (Å²) in [5.74, 6) is 0.517. The SMILES string of the molecule is CC/C(=C\C1=CCCC=C1)[C@@H]1CC1NC1CC2(C1)CN(C(C)(C)C(N)=O)C2. The number of rotatable bonds is 7. The van der Waals surface area contributed by atoms with Crippen molar-refractivity contribution in [1.29, 1.82) is 0 Å². The minimum Gasteiger partial charge on any atom is -0.368 e. The summed E-state index contributed by atoms with van der Waals surface area (Å²) in [4.78, 5) is 13.9. The highest BCUT2D eigenvalue weighted by Gasteiger charge is 2.57. The van der Waals surface area contributed by atoms with E-state index >= 15 is 0 Å². The summed E-state index contributed by atoms with van der Waals surface area (Å²) < 4.78 is 0. The molecule has 2 saturated carbocycles. The third kappa shape index (κ3) is 3.66. The molecule has 4 heteroatoms. The van der Waals surface area contributed by atoms with E-state index in [2.05, 4.69) is 41.4 Å². The van der Waals surface area contributed by atoms with Crippen LogP contribution in [0.3, 0.4) is 0 Å². The van der Waals surface area contributed by atoms with E-state index in [0.717, 1.165) is 25.4 Å². The standard InChI is InChI=1S/C23H35N3O/c1-4-17(10-16-8-6-5-7-9-16)19-11-20(19)25-18-12-23(13-18)14-26(15-23)22(2,3)21(24)27/h6,8-10,18-20,25H,4-5,7,11-15H2,1-3H3,(H2,24,27)/b17-10+/t19-,20?/m0/s1. The summed E-state index contributed by atoms with van der Waals surface area (Å²) in [5.41, 5.74) is 8.49. The first-order valence-corrected chi connectivity index (χ1v) is 10.7. The van der Waals surface area contributed by atoms with Crippen molar-refractivity contribution in [2.45, 2.75) is 76.9 Å². The van der Waals surface area contributed by atoms with Gasteiger partial charge in [0, 0.05) is 25.2 Å². The van der Waals surface area contributed by atoms with Crippen LogP contribution in [0.4, 0.5) is 0 Å². The quantitative estimate of drug-likeness (QED) is 0.724. The van der Waals surface area contributed by atoms with Crippen LogP contribution < -0.4 is 11.1 Å². The van der Waals surface area contributed by atoms with E-state index in [0.29, 0.717) is 17.5 Å². The Labute approximate surface area is 163 Å². The van der Waals surface area contributed by atoms with Crippen LogP contribution in [0.5, 0.6) is 0 Å². The van der Waals surface area contributed by atoms with Gasteiger partial charge in [-0.05, 0) is 69.3 Å². The molecule has 0 bridgehead atoms. The molecule has 148 valence electrons. The molecule has 1 amide bonds. The Morgan fingerprint density at radius 2 is 2.11 bits per heavy atom. The molecular weight excluding hydrogens is 334 g/mol. The van der Waals surface area contributed by atoms with Gasteiger partial charge in [-0.3, -0.25) is 9.69 Å². The first-order valence-electron chi connectivity index (χ1n) is 10.7. The highest BCUT2D eigenvalue weighted by atomic mass is 16.1. The summed E-state index contributed by atoms with van der Waals surface area (Å²) in [6, 6.07) is 1.33. The van der Waals surface area contributed by atoms with E-state index in [1.54, 1.807) is 5.57 Å². The van der Waals surface area contributed by atoms with Crippen LogP contribution in [0, 0.1) is 11.3 Å². The number of nitrogens with two attached hydrogens (primary N) is 1. The Bertz CT molecular complexity index is 688. The molecule has 1 aliphatic heterocycles. The first-order chi connectivity index (χ1) is 12.8. The minimum absolute atomic E-state index is 0.214. The molecule has 4 aliphatic rings. The molecule has 3 aliphatic carbocycles. The van der Waals surface area contributed by atoms with Gasteiger partial charge in [-0.25, -0.2) is 0 Å². The fourth-order valence-electron chi connectivity index (χ4n) is 5.19. The number of hydrogen-bond acceptors (Lipinski definition) is 3. The van der Waals surface area contributed by atoms with Gasteiger partial charge in [0.2, 0.25) is 5.91 Å². The van der Waals surface area contributed by atoms with Gasteiger partial charge in [0.1, 0.15) is 0 Å². The lowest BCUT2D eigenvalue weighted by atomic mass is 9.59. The molecule has 4 rings (SSSR count). The van der Waals surface area contributed by atoms with Crippen molar-refractivity contribution >= 4 is 5.91 Å². The van der Waals surface area contributed by atoms with Crippen molar-refractivity contribution in [3.63, 3.8) is 0 Å². The highest BCUT2D eigenvalue weighted by molar-refractivity contribution is 5.83. The van der Waals surface area contributed by atoms with E-state index in [1.165, 1.54) is 37.7 Å². The van der Waals surface area contributed by atoms with Crippen LogP contribution in [0.1, 0.15) is 59.3 Å². The largest absolute Gasteiger partial charge is 0.368 e. The van der Waals surface area contributed by atoms with Gasteiger partial charge in [-0.1, -0.05) is 36.8 Å². The van der Waals surface area contributed by atoms with Crippen molar-refractivity contribution in [2.24, 2.45) is 17.1 Å². The van der Waals surface area contributed by atoms with Crippen LogP contribution in [-0.2, 0) is 4.79 Å². The topological polar surface area (TPSA) is 58.4 Å². The van der Waals surface area contributed by atoms with Crippen LogP contribution in [0.15, 0.2) is 35.5 Å². The second-order valence-corrected chi connectivity index (χ2v) is 9.76. The number of nitrogens with one attached hydrogen (secondary N) is 1. The van der Waals surface area contributed by atoms with Gasteiger partial charge < -0.3 is 11.1 Å². The summed E-state index contributed by atoms with van der Waals surface area (Å²) in [7, 11) is 0. The van der Waals surface area contributed by atoms with Gasteiger partial charge in [0.25, 0.3) is 0 Å².